The molecule has 104 heavy (non-hydrogen) atoms. The second kappa shape index (κ2) is 34.1. The second-order valence-corrected chi connectivity index (χ2v) is 28.1. The summed E-state index contributed by atoms with van der Waals surface area (Å²) >= 11 is 0. The van der Waals surface area contributed by atoms with Crippen molar-refractivity contribution < 1.29 is 48.5 Å². The molecule has 1 aliphatic carbocycles. The third-order valence-electron chi connectivity index (χ3n) is 19.3. The molecular formula is C84H91N7O13. The Kier molecular flexibility index (Phi) is 24.7. The van der Waals surface area contributed by atoms with E-state index in [9.17, 15) is 53.4 Å². The summed E-state index contributed by atoms with van der Waals surface area (Å²) < 4.78 is 16.1. The molecule has 20 heteroatoms. The average Bonchev–Trinajstić information content (AvgIpc) is 1.34. The number of methoxy groups -OCH3 is 1. The number of nitrogens with one attached hydrogen (secondary N) is 3. The van der Waals surface area contributed by atoms with E-state index < -0.39 is 107 Å². The largest absolute Gasteiger partial charge is 0.496 e. The summed E-state index contributed by atoms with van der Waals surface area (Å²) in [6.07, 6.45) is 7.52. The maximum absolute atomic E-state index is 14.9. The first-order valence-corrected chi connectivity index (χ1v) is 35.4. The molecule has 4 heterocycles. The molecule has 4 aromatic heterocycles. The van der Waals surface area contributed by atoms with Gasteiger partial charge in [0.15, 0.2) is 0 Å². The first-order valence-electron chi connectivity index (χ1n) is 35.4. The summed E-state index contributed by atoms with van der Waals surface area (Å²) in [5.41, 5.74) is 10.1. The maximum atomic E-state index is 14.9. The number of pyridine rings is 4. The van der Waals surface area contributed by atoms with Gasteiger partial charge in [-0.05, 0) is 192 Å². The van der Waals surface area contributed by atoms with Crippen LogP contribution in [0.25, 0.3) is 44.6 Å². The Bertz CT molecular complexity index is 4820. The van der Waals surface area contributed by atoms with Gasteiger partial charge in [0.25, 0.3) is 16.7 Å². The lowest BCUT2D eigenvalue weighted by Crippen LogP contribution is -2.40. The Hall–Kier alpha value is -11.3. The standard InChI is InChI=1S/C84H91N7O13/c1-50(2)39-72(89-36-16-14-25-76(89)92)82(100)88-70(48-81(99)104-49-52(5)41-74(90-37-17-15-26-77(90)93)84(102)87-69(47-80(97)98)60-33-35-85-71(44-60)62-22-13-11-20-54(62)7)59-30-32-75(103-9)67(43-59)64-24-18-23-63(55(64)8)57-34-38-91(78(94)45-57)73(40-51(3)4)83(101)86-68(46-79(95)96)58-29-31-65(56-27-28-56)66(42-58)61-21-12-10-19-53(61)6/h10-26,29-38,42-45,50-52,56,68-70,72-74H,27-28,39-41,46-49H2,1-9H3,(H,86,101)(H,87,102)(H,88,100)(H,95,96)(H,97,98)/t52?,68-,69-,70-,72?,73?,74-/m0/s1. The van der Waals surface area contributed by atoms with Gasteiger partial charge >= 0.3 is 17.9 Å². The van der Waals surface area contributed by atoms with Gasteiger partial charge < -0.3 is 49.3 Å². The van der Waals surface area contributed by atoms with Crippen molar-refractivity contribution in [2.45, 2.75) is 149 Å². The Labute approximate surface area is 605 Å². The molecule has 9 aromatic rings. The number of rotatable bonds is 32. The quantitative estimate of drug-likeness (QED) is 0.0245. The lowest BCUT2D eigenvalue weighted by molar-refractivity contribution is -0.146. The molecule has 1 aliphatic rings. The Morgan fingerprint density at radius 3 is 1.51 bits per heavy atom. The third-order valence-corrected chi connectivity index (χ3v) is 19.3. The summed E-state index contributed by atoms with van der Waals surface area (Å²) in [5, 5.41) is 29.4. The molecule has 5 aromatic carbocycles. The van der Waals surface area contributed by atoms with Gasteiger partial charge in [-0.2, -0.15) is 0 Å². The van der Waals surface area contributed by atoms with Crippen LogP contribution in [0.2, 0.25) is 0 Å². The highest BCUT2D eigenvalue weighted by Gasteiger charge is 2.34. The lowest BCUT2D eigenvalue weighted by atomic mass is 9.89. The Morgan fingerprint density at radius 2 is 0.981 bits per heavy atom. The molecule has 0 spiro atoms. The van der Waals surface area contributed by atoms with Crippen LogP contribution in [-0.2, 0) is 33.5 Å². The number of hydrogen-bond donors (Lipinski definition) is 5. The molecule has 7 atom stereocenters. The molecule has 1 saturated carbocycles. The van der Waals surface area contributed by atoms with Gasteiger partial charge in [-0.25, -0.2) is 0 Å². The van der Waals surface area contributed by atoms with E-state index in [0.29, 0.717) is 56.3 Å². The highest BCUT2D eigenvalue weighted by atomic mass is 16.5. The van der Waals surface area contributed by atoms with E-state index in [0.717, 1.165) is 46.2 Å². The minimum Gasteiger partial charge on any atom is -0.496 e. The number of hydrogen-bond acceptors (Lipinski definition) is 12. The van der Waals surface area contributed by atoms with Gasteiger partial charge in [-0.15, -0.1) is 0 Å². The van der Waals surface area contributed by atoms with E-state index in [1.165, 1.54) is 56.8 Å². The monoisotopic (exact) mass is 1410 g/mol. The summed E-state index contributed by atoms with van der Waals surface area (Å²) in [6.45, 7) is 15.2. The van der Waals surface area contributed by atoms with Gasteiger partial charge in [0.05, 0.1) is 56.8 Å². The molecule has 540 valence electrons. The number of carboxylic acid groups (broad SMARTS) is 2. The molecule has 3 amide bonds. The predicted molar refractivity (Wildman–Crippen MR) is 400 cm³/mol. The van der Waals surface area contributed by atoms with Gasteiger partial charge in [0.1, 0.15) is 23.9 Å². The van der Waals surface area contributed by atoms with Crippen molar-refractivity contribution in [3.8, 4) is 50.4 Å². The molecule has 3 unspecified atom stereocenters. The van der Waals surface area contributed by atoms with Crippen molar-refractivity contribution in [1.82, 2.24) is 34.6 Å². The predicted octanol–water partition coefficient (Wildman–Crippen LogP) is 13.9. The second-order valence-electron chi connectivity index (χ2n) is 28.1. The fourth-order valence-corrected chi connectivity index (χ4v) is 13.8. The topological polar surface area (TPSA) is 276 Å². The minimum atomic E-state index is -1.19. The fraction of sp³-hybridized carbons (Fsp3) is 0.333. The molecular weight excluding hydrogens is 1310 g/mol. The van der Waals surface area contributed by atoms with Crippen molar-refractivity contribution in [3.63, 3.8) is 0 Å². The van der Waals surface area contributed by atoms with Crippen LogP contribution in [0.15, 0.2) is 203 Å². The fourth-order valence-electron chi connectivity index (χ4n) is 13.8. The number of carbonyl (C=O) groups excluding carboxylic acids is 4. The first kappa shape index (κ1) is 75.4. The van der Waals surface area contributed by atoms with Crippen LogP contribution < -0.4 is 37.4 Å². The number of aryl methyl sites for hydroxylation is 2. The average molecular weight is 1410 g/mol. The van der Waals surface area contributed by atoms with Crippen LogP contribution >= 0.6 is 0 Å². The molecule has 1 fully saturated rings. The van der Waals surface area contributed by atoms with Gasteiger partial charge in [-0.1, -0.05) is 132 Å². The summed E-state index contributed by atoms with van der Waals surface area (Å²) in [7, 11) is 1.52. The Morgan fingerprint density at radius 1 is 0.490 bits per heavy atom. The number of aromatic nitrogens is 4. The zero-order chi connectivity index (χ0) is 74.5. The molecule has 0 saturated heterocycles. The summed E-state index contributed by atoms with van der Waals surface area (Å²) in [6, 6.07) is 42.0. The van der Waals surface area contributed by atoms with Crippen molar-refractivity contribution in [2.24, 2.45) is 17.8 Å². The van der Waals surface area contributed by atoms with E-state index in [1.807, 2.05) is 127 Å². The van der Waals surface area contributed by atoms with Crippen molar-refractivity contribution in [3.05, 3.63) is 259 Å². The zero-order valence-corrected chi connectivity index (χ0v) is 60.2. The van der Waals surface area contributed by atoms with Crippen molar-refractivity contribution >= 4 is 35.6 Å². The number of ether oxygens (including phenoxy) is 2. The number of carbonyl (C=O) groups is 6. The van der Waals surface area contributed by atoms with E-state index in [4.69, 9.17) is 9.47 Å². The van der Waals surface area contributed by atoms with Crippen LogP contribution in [0, 0.1) is 38.5 Å². The number of aliphatic carboxylic acids is 2. The Balaban J connectivity index is 0.921. The minimum absolute atomic E-state index is 0.0329. The molecule has 0 radical (unpaired) electrons. The number of benzene rings is 5. The van der Waals surface area contributed by atoms with E-state index >= 15 is 0 Å². The van der Waals surface area contributed by atoms with Gasteiger partial charge in [0.2, 0.25) is 17.7 Å². The molecule has 0 bridgehead atoms. The van der Waals surface area contributed by atoms with Crippen LogP contribution in [0.1, 0.15) is 167 Å². The number of nitrogens with zero attached hydrogens (tertiary/aromatic N) is 4. The first-order chi connectivity index (χ1) is 49.8. The molecule has 5 N–H and O–H groups in total. The maximum Gasteiger partial charge on any atom is 0.308 e. The zero-order valence-electron chi connectivity index (χ0n) is 60.2. The van der Waals surface area contributed by atoms with Crippen LogP contribution in [0.3, 0.4) is 0 Å². The summed E-state index contributed by atoms with van der Waals surface area (Å²) in [4.78, 5) is 130. The SMILES string of the molecule is COc1ccc([C@H](CC(=O)OCC(C)C[C@@H](C(=O)N[C@@H](CC(=O)O)c2ccnc(-c3ccccc3C)c2)n2ccccc2=O)NC(=O)C(CC(C)C)n2ccccc2=O)cc1-c1cccc(-c2ccn(C(CC(C)C)C(=O)N[C@@H](CC(=O)O)c3ccc(C4CC4)c(-c4ccccc4C)c3)c(=O)c2)c1C. The highest BCUT2D eigenvalue weighted by molar-refractivity contribution is 5.86. The summed E-state index contributed by atoms with van der Waals surface area (Å²) in [5.74, 6) is -4.51. The lowest BCUT2D eigenvalue weighted by Gasteiger charge is -2.27. The highest BCUT2D eigenvalue weighted by Crippen LogP contribution is 2.46. The molecule has 20 nitrogen and oxygen atoms in total. The van der Waals surface area contributed by atoms with Crippen LogP contribution in [0.4, 0.5) is 0 Å². The van der Waals surface area contributed by atoms with Crippen molar-refractivity contribution in [1.29, 1.82) is 0 Å². The number of amides is 3. The third kappa shape index (κ3) is 18.7. The van der Waals surface area contributed by atoms with Crippen LogP contribution in [0.5, 0.6) is 5.75 Å². The normalized spacial score (nSPS) is 14.1. The van der Waals surface area contributed by atoms with E-state index in [1.54, 1.807) is 74.0 Å². The van der Waals surface area contributed by atoms with Gasteiger partial charge in [-0.3, -0.25) is 48.1 Å². The van der Waals surface area contributed by atoms with E-state index in [-0.39, 0.29) is 44.1 Å². The van der Waals surface area contributed by atoms with E-state index in [2.05, 4.69) is 33.1 Å². The molecule has 0 aliphatic heterocycles. The van der Waals surface area contributed by atoms with Crippen molar-refractivity contribution in [2.75, 3.05) is 13.7 Å². The smallest absolute Gasteiger partial charge is 0.308 e. The number of esters is 1. The van der Waals surface area contributed by atoms with Gasteiger partial charge in [0, 0.05) is 54.1 Å². The van der Waals surface area contributed by atoms with Crippen LogP contribution in [-0.4, -0.2) is 78.2 Å². The number of carboxylic acids is 2. The molecule has 10 rings (SSSR count).